The standard InChI is InChI=1S/C17H24N2O3/c1-12-5-3-4-6-15(12)19-17(21)16(20)18-11-13-7-9-14(22-2)10-8-13/h7-10,12,15H,3-6,11H2,1-2H3,(H,18,20)(H,19,21)/t12-,15-/m1/s1. The second-order valence-electron chi connectivity index (χ2n) is 5.87. The molecule has 0 unspecified atom stereocenters. The Hall–Kier alpha value is -2.04. The van der Waals surface area contributed by atoms with Gasteiger partial charge in [-0.1, -0.05) is 31.9 Å². The highest BCUT2D eigenvalue weighted by Crippen LogP contribution is 2.23. The second-order valence-corrected chi connectivity index (χ2v) is 5.87. The minimum atomic E-state index is -0.575. The molecular formula is C17H24N2O3. The fourth-order valence-corrected chi connectivity index (χ4v) is 2.77. The van der Waals surface area contributed by atoms with Gasteiger partial charge in [-0.25, -0.2) is 0 Å². The van der Waals surface area contributed by atoms with Crippen molar-refractivity contribution in [3.63, 3.8) is 0 Å². The van der Waals surface area contributed by atoms with E-state index in [-0.39, 0.29) is 6.04 Å². The summed E-state index contributed by atoms with van der Waals surface area (Å²) in [5.74, 6) is 0.0899. The first-order valence-electron chi connectivity index (χ1n) is 7.81. The number of ether oxygens (including phenoxy) is 1. The van der Waals surface area contributed by atoms with Gasteiger partial charge in [-0.2, -0.15) is 0 Å². The zero-order chi connectivity index (χ0) is 15.9. The van der Waals surface area contributed by atoms with Crippen LogP contribution in [0.15, 0.2) is 24.3 Å². The highest BCUT2D eigenvalue weighted by molar-refractivity contribution is 6.35. The average Bonchev–Trinajstić information content (AvgIpc) is 2.55. The van der Waals surface area contributed by atoms with Crippen LogP contribution in [0, 0.1) is 5.92 Å². The van der Waals surface area contributed by atoms with Crippen molar-refractivity contribution in [1.29, 1.82) is 0 Å². The average molecular weight is 304 g/mol. The topological polar surface area (TPSA) is 67.4 Å². The lowest BCUT2D eigenvalue weighted by molar-refractivity contribution is -0.140. The van der Waals surface area contributed by atoms with Gasteiger partial charge in [-0.05, 0) is 36.5 Å². The van der Waals surface area contributed by atoms with Gasteiger partial charge in [0.1, 0.15) is 5.75 Å². The number of amides is 2. The molecule has 2 rings (SSSR count). The van der Waals surface area contributed by atoms with E-state index in [1.165, 1.54) is 6.42 Å². The molecule has 2 amide bonds. The van der Waals surface area contributed by atoms with Gasteiger partial charge in [-0.15, -0.1) is 0 Å². The van der Waals surface area contributed by atoms with E-state index >= 15 is 0 Å². The fraction of sp³-hybridized carbons (Fsp3) is 0.529. The molecule has 2 N–H and O–H groups in total. The first kappa shape index (κ1) is 16.3. The molecule has 1 aliphatic rings. The van der Waals surface area contributed by atoms with Crippen molar-refractivity contribution < 1.29 is 14.3 Å². The fourth-order valence-electron chi connectivity index (χ4n) is 2.77. The molecule has 1 fully saturated rings. The molecule has 0 radical (unpaired) electrons. The number of nitrogens with one attached hydrogen (secondary N) is 2. The van der Waals surface area contributed by atoms with Gasteiger partial charge in [0, 0.05) is 12.6 Å². The van der Waals surface area contributed by atoms with Gasteiger partial charge < -0.3 is 15.4 Å². The maximum atomic E-state index is 11.9. The molecule has 5 heteroatoms. The van der Waals surface area contributed by atoms with Gasteiger partial charge in [0.15, 0.2) is 0 Å². The molecule has 22 heavy (non-hydrogen) atoms. The van der Waals surface area contributed by atoms with E-state index in [1.807, 2.05) is 24.3 Å². The van der Waals surface area contributed by atoms with Crippen LogP contribution >= 0.6 is 0 Å². The Labute approximate surface area is 131 Å². The van der Waals surface area contributed by atoms with E-state index in [2.05, 4.69) is 17.6 Å². The first-order valence-corrected chi connectivity index (χ1v) is 7.81. The van der Waals surface area contributed by atoms with E-state index in [1.54, 1.807) is 7.11 Å². The van der Waals surface area contributed by atoms with Crippen LogP contribution in [-0.2, 0) is 16.1 Å². The summed E-state index contributed by atoms with van der Waals surface area (Å²) in [6.45, 7) is 2.45. The molecule has 5 nitrogen and oxygen atoms in total. The van der Waals surface area contributed by atoms with E-state index in [0.29, 0.717) is 12.5 Å². The maximum absolute atomic E-state index is 11.9. The van der Waals surface area contributed by atoms with Gasteiger partial charge in [0.2, 0.25) is 0 Å². The van der Waals surface area contributed by atoms with Crippen molar-refractivity contribution in [2.75, 3.05) is 7.11 Å². The van der Waals surface area contributed by atoms with Crippen LogP contribution in [0.1, 0.15) is 38.2 Å². The normalized spacial score (nSPS) is 21.0. The molecule has 120 valence electrons. The summed E-state index contributed by atoms with van der Waals surface area (Å²) < 4.78 is 5.08. The summed E-state index contributed by atoms with van der Waals surface area (Å²) in [5.41, 5.74) is 0.924. The molecule has 1 saturated carbocycles. The smallest absolute Gasteiger partial charge is 0.309 e. The lowest BCUT2D eigenvalue weighted by atomic mass is 9.86. The van der Waals surface area contributed by atoms with Crippen LogP contribution in [0.4, 0.5) is 0 Å². The quantitative estimate of drug-likeness (QED) is 0.836. The minimum Gasteiger partial charge on any atom is -0.497 e. The predicted octanol–water partition coefficient (Wildman–Crippen LogP) is 2.01. The van der Waals surface area contributed by atoms with Crippen molar-refractivity contribution in [2.24, 2.45) is 5.92 Å². The molecule has 0 aliphatic heterocycles. The predicted molar refractivity (Wildman–Crippen MR) is 84.4 cm³/mol. The Kier molecular flexibility index (Phi) is 5.81. The van der Waals surface area contributed by atoms with Crippen LogP contribution in [-0.4, -0.2) is 25.0 Å². The summed E-state index contributed by atoms with van der Waals surface area (Å²) in [6, 6.07) is 7.49. The number of methoxy groups -OCH3 is 1. The molecule has 1 aromatic rings. The molecule has 0 saturated heterocycles. The van der Waals surface area contributed by atoms with Crippen molar-refractivity contribution in [3.05, 3.63) is 29.8 Å². The van der Waals surface area contributed by atoms with Gasteiger partial charge >= 0.3 is 11.8 Å². The van der Waals surface area contributed by atoms with E-state index in [0.717, 1.165) is 30.6 Å². The summed E-state index contributed by atoms with van der Waals surface area (Å²) in [4.78, 5) is 23.8. The number of hydrogen-bond acceptors (Lipinski definition) is 3. The SMILES string of the molecule is COc1ccc(CNC(=O)C(=O)N[C@@H]2CCCC[C@H]2C)cc1. The third-order valence-electron chi connectivity index (χ3n) is 4.25. The number of benzene rings is 1. The van der Waals surface area contributed by atoms with Crippen molar-refractivity contribution in [3.8, 4) is 5.75 Å². The molecule has 2 atom stereocenters. The van der Waals surface area contributed by atoms with Crippen molar-refractivity contribution >= 4 is 11.8 Å². The molecule has 0 heterocycles. The highest BCUT2D eigenvalue weighted by Gasteiger charge is 2.25. The molecule has 1 aromatic carbocycles. The van der Waals surface area contributed by atoms with Gasteiger partial charge in [0.25, 0.3) is 0 Å². The summed E-state index contributed by atoms with van der Waals surface area (Å²) in [5, 5.41) is 5.50. The summed E-state index contributed by atoms with van der Waals surface area (Å²) in [6.07, 6.45) is 4.39. The van der Waals surface area contributed by atoms with Crippen LogP contribution in [0.2, 0.25) is 0 Å². The second kappa shape index (κ2) is 7.82. The van der Waals surface area contributed by atoms with E-state index in [9.17, 15) is 9.59 Å². The third-order valence-corrected chi connectivity index (χ3v) is 4.25. The number of carbonyl (C=O) groups excluding carboxylic acids is 2. The maximum Gasteiger partial charge on any atom is 0.309 e. The summed E-state index contributed by atoms with van der Waals surface area (Å²) in [7, 11) is 1.60. The van der Waals surface area contributed by atoms with Crippen LogP contribution in [0.3, 0.4) is 0 Å². The number of hydrogen-bond donors (Lipinski definition) is 2. The van der Waals surface area contributed by atoms with E-state index < -0.39 is 11.8 Å². The Morgan fingerprint density at radius 3 is 2.45 bits per heavy atom. The van der Waals surface area contributed by atoms with Gasteiger partial charge in [-0.3, -0.25) is 9.59 Å². The Balaban J connectivity index is 1.79. The van der Waals surface area contributed by atoms with Crippen LogP contribution in [0.5, 0.6) is 5.75 Å². The number of carbonyl (C=O) groups is 2. The summed E-state index contributed by atoms with van der Waals surface area (Å²) >= 11 is 0. The van der Waals surface area contributed by atoms with Crippen molar-refractivity contribution in [2.45, 2.75) is 45.2 Å². The molecule has 0 bridgehead atoms. The zero-order valence-corrected chi connectivity index (χ0v) is 13.2. The molecule has 0 aromatic heterocycles. The Morgan fingerprint density at radius 1 is 1.14 bits per heavy atom. The minimum absolute atomic E-state index is 0.119. The highest BCUT2D eigenvalue weighted by atomic mass is 16.5. The molecular weight excluding hydrogens is 280 g/mol. The Bertz CT molecular complexity index is 513. The van der Waals surface area contributed by atoms with Crippen molar-refractivity contribution in [1.82, 2.24) is 10.6 Å². The van der Waals surface area contributed by atoms with Crippen LogP contribution in [0.25, 0.3) is 0 Å². The van der Waals surface area contributed by atoms with Gasteiger partial charge in [0.05, 0.1) is 7.11 Å². The zero-order valence-electron chi connectivity index (χ0n) is 13.2. The number of rotatable bonds is 4. The van der Waals surface area contributed by atoms with E-state index in [4.69, 9.17) is 4.74 Å². The molecule has 1 aliphatic carbocycles. The lowest BCUT2D eigenvalue weighted by Crippen LogP contribution is -2.47. The molecule has 0 spiro atoms. The lowest BCUT2D eigenvalue weighted by Gasteiger charge is -2.29. The van der Waals surface area contributed by atoms with Crippen LogP contribution < -0.4 is 15.4 Å². The third kappa shape index (κ3) is 4.48. The first-order chi connectivity index (χ1) is 10.6. The Morgan fingerprint density at radius 2 is 1.82 bits per heavy atom. The largest absolute Gasteiger partial charge is 0.497 e. The monoisotopic (exact) mass is 304 g/mol.